The number of hydrazine groups is 1. The van der Waals surface area contributed by atoms with Gasteiger partial charge in [0.2, 0.25) is 0 Å². The molecule has 0 fully saturated rings. The molecule has 0 aromatic heterocycles. The molecule has 0 heterocycles. The standard InChI is InChI=1S/C10H15BrN2.ClH/c1-10(2,3)7-4-8(11)6-9(5-7)13-12;/h4-6,13H,12H2,1-3H3;1H. The number of hydrogen-bond donors (Lipinski definition) is 2. The molecule has 0 radical (unpaired) electrons. The maximum atomic E-state index is 5.36. The average molecular weight is 280 g/mol. The van der Waals surface area contributed by atoms with Crippen LogP contribution in [0, 0.1) is 0 Å². The zero-order valence-corrected chi connectivity index (χ0v) is 11.0. The lowest BCUT2D eigenvalue weighted by Gasteiger charge is -2.20. The molecule has 0 bridgehead atoms. The molecule has 1 rings (SSSR count). The van der Waals surface area contributed by atoms with Gasteiger partial charge >= 0.3 is 0 Å². The van der Waals surface area contributed by atoms with Crippen LogP contribution in [-0.4, -0.2) is 0 Å². The Labute approximate surface area is 99.8 Å². The fourth-order valence-corrected chi connectivity index (χ4v) is 1.60. The molecule has 0 atom stereocenters. The van der Waals surface area contributed by atoms with Gasteiger partial charge in [0.15, 0.2) is 0 Å². The van der Waals surface area contributed by atoms with Crippen molar-refractivity contribution in [3.8, 4) is 0 Å². The maximum Gasteiger partial charge on any atom is 0.0499 e. The predicted octanol–water partition coefficient (Wildman–Crippen LogP) is 3.45. The quantitative estimate of drug-likeness (QED) is 0.610. The molecule has 0 aliphatic carbocycles. The Morgan fingerprint density at radius 3 is 2.21 bits per heavy atom. The Morgan fingerprint density at radius 2 is 1.79 bits per heavy atom. The first-order chi connectivity index (χ1) is 5.93. The number of hydrogen-bond acceptors (Lipinski definition) is 2. The van der Waals surface area contributed by atoms with Crippen molar-refractivity contribution in [1.82, 2.24) is 0 Å². The SMILES string of the molecule is CC(C)(C)c1cc(Br)cc(NN)c1.Cl. The first-order valence-electron chi connectivity index (χ1n) is 4.21. The summed E-state index contributed by atoms with van der Waals surface area (Å²) in [7, 11) is 0. The van der Waals surface area contributed by atoms with Crippen molar-refractivity contribution in [2.75, 3.05) is 5.43 Å². The van der Waals surface area contributed by atoms with E-state index in [1.807, 2.05) is 6.07 Å². The van der Waals surface area contributed by atoms with Crippen molar-refractivity contribution in [2.45, 2.75) is 26.2 Å². The van der Waals surface area contributed by atoms with E-state index in [-0.39, 0.29) is 17.8 Å². The maximum absolute atomic E-state index is 5.36. The van der Waals surface area contributed by atoms with Gasteiger partial charge in [-0.05, 0) is 29.2 Å². The highest BCUT2D eigenvalue weighted by molar-refractivity contribution is 9.10. The van der Waals surface area contributed by atoms with Crippen LogP contribution in [0.15, 0.2) is 22.7 Å². The molecule has 2 nitrogen and oxygen atoms in total. The van der Waals surface area contributed by atoms with E-state index in [1.54, 1.807) is 0 Å². The van der Waals surface area contributed by atoms with Crippen molar-refractivity contribution < 1.29 is 0 Å². The van der Waals surface area contributed by atoms with E-state index in [0.717, 1.165) is 10.2 Å². The summed E-state index contributed by atoms with van der Waals surface area (Å²) in [6.07, 6.45) is 0. The molecule has 0 amide bonds. The molecule has 80 valence electrons. The van der Waals surface area contributed by atoms with Crippen molar-refractivity contribution >= 4 is 34.0 Å². The molecule has 0 aliphatic heterocycles. The fourth-order valence-electron chi connectivity index (χ4n) is 1.11. The Kier molecular flexibility index (Phi) is 4.92. The molecule has 0 spiro atoms. The molecule has 0 saturated heterocycles. The molecule has 1 aromatic carbocycles. The lowest BCUT2D eigenvalue weighted by molar-refractivity contribution is 0.590. The third-order valence-corrected chi connectivity index (χ3v) is 2.39. The topological polar surface area (TPSA) is 38.0 Å². The summed E-state index contributed by atoms with van der Waals surface area (Å²) in [5.41, 5.74) is 4.99. The molecular formula is C10H16BrClN2. The highest BCUT2D eigenvalue weighted by Crippen LogP contribution is 2.28. The third-order valence-electron chi connectivity index (χ3n) is 1.93. The lowest BCUT2D eigenvalue weighted by atomic mass is 9.87. The number of anilines is 1. The smallest absolute Gasteiger partial charge is 0.0499 e. The van der Waals surface area contributed by atoms with Crippen LogP contribution in [0.5, 0.6) is 0 Å². The predicted molar refractivity (Wildman–Crippen MR) is 67.9 cm³/mol. The number of nitrogens with two attached hydrogens (primary N) is 1. The second kappa shape index (κ2) is 5.01. The van der Waals surface area contributed by atoms with E-state index >= 15 is 0 Å². The van der Waals surface area contributed by atoms with Gasteiger partial charge in [0.25, 0.3) is 0 Å². The zero-order chi connectivity index (χ0) is 10.1. The van der Waals surface area contributed by atoms with Crippen LogP contribution in [0.25, 0.3) is 0 Å². The third kappa shape index (κ3) is 3.48. The monoisotopic (exact) mass is 278 g/mol. The molecule has 4 heteroatoms. The van der Waals surface area contributed by atoms with Crippen molar-refractivity contribution in [3.05, 3.63) is 28.2 Å². The van der Waals surface area contributed by atoms with Gasteiger partial charge in [-0.15, -0.1) is 12.4 Å². The summed E-state index contributed by atoms with van der Waals surface area (Å²) < 4.78 is 1.05. The molecule has 0 aliphatic rings. The molecular weight excluding hydrogens is 263 g/mol. The van der Waals surface area contributed by atoms with Crippen molar-refractivity contribution in [2.24, 2.45) is 5.84 Å². The zero-order valence-electron chi connectivity index (χ0n) is 8.60. The van der Waals surface area contributed by atoms with Crippen molar-refractivity contribution in [3.63, 3.8) is 0 Å². The second-order valence-corrected chi connectivity index (χ2v) is 5.04. The largest absolute Gasteiger partial charge is 0.324 e. The summed E-state index contributed by atoms with van der Waals surface area (Å²) in [4.78, 5) is 0. The minimum Gasteiger partial charge on any atom is -0.324 e. The van der Waals surface area contributed by atoms with E-state index in [0.29, 0.717) is 0 Å². The van der Waals surface area contributed by atoms with E-state index in [1.165, 1.54) is 5.56 Å². The van der Waals surface area contributed by atoms with Gasteiger partial charge in [-0.2, -0.15) is 0 Å². The van der Waals surface area contributed by atoms with Crippen LogP contribution in [0.1, 0.15) is 26.3 Å². The van der Waals surface area contributed by atoms with Crippen molar-refractivity contribution in [1.29, 1.82) is 0 Å². The van der Waals surface area contributed by atoms with Crippen LogP contribution in [0.3, 0.4) is 0 Å². The van der Waals surface area contributed by atoms with Gasteiger partial charge in [-0.3, -0.25) is 5.84 Å². The Morgan fingerprint density at radius 1 is 1.21 bits per heavy atom. The number of halogens is 2. The van der Waals surface area contributed by atoms with Crippen LogP contribution in [0.2, 0.25) is 0 Å². The number of rotatable bonds is 1. The van der Waals surface area contributed by atoms with Gasteiger partial charge in [-0.1, -0.05) is 36.7 Å². The summed E-state index contributed by atoms with van der Waals surface area (Å²) in [5.74, 6) is 5.36. The minimum absolute atomic E-state index is 0. The molecule has 0 saturated carbocycles. The van der Waals surface area contributed by atoms with E-state index in [4.69, 9.17) is 5.84 Å². The number of nitrogen functional groups attached to an aromatic ring is 1. The van der Waals surface area contributed by atoms with Crippen LogP contribution in [0.4, 0.5) is 5.69 Å². The molecule has 3 N–H and O–H groups in total. The molecule has 1 aromatic rings. The Hall–Kier alpha value is -0.250. The number of benzene rings is 1. The van der Waals surface area contributed by atoms with Gasteiger partial charge in [0.1, 0.15) is 0 Å². The normalized spacial score (nSPS) is 10.6. The van der Waals surface area contributed by atoms with Crippen LogP contribution >= 0.6 is 28.3 Å². The van der Waals surface area contributed by atoms with Gasteiger partial charge in [0, 0.05) is 10.2 Å². The van der Waals surface area contributed by atoms with E-state index in [9.17, 15) is 0 Å². The van der Waals surface area contributed by atoms with E-state index in [2.05, 4.69) is 54.3 Å². The van der Waals surface area contributed by atoms with Crippen LogP contribution < -0.4 is 11.3 Å². The molecule has 14 heavy (non-hydrogen) atoms. The average Bonchev–Trinajstić information content (AvgIpc) is 2.01. The molecule has 0 unspecified atom stereocenters. The van der Waals surface area contributed by atoms with Gasteiger partial charge in [0.05, 0.1) is 0 Å². The Bertz CT molecular complexity index is 307. The second-order valence-electron chi connectivity index (χ2n) is 4.12. The fraction of sp³-hybridized carbons (Fsp3) is 0.400. The minimum atomic E-state index is 0. The van der Waals surface area contributed by atoms with E-state index < -0.39 is 0 Å². The summed E-state index contributed by atoms with van der Waals surface area (Å²) in [6.45, 7) is 6.53. The van der Waals surface area contributed by atoms with Gasteiger partial charge < -0.3 is 5.43 Å². The number of nitrogens with one attached hydrogen (secondary N) is 1. The van der Waals surface area contributed by atoms with Gasteiger partial charge in [-0.25, -0.2) is 0 Å². The summed E-state index contributed by atoms with van der Waals surface area (Å²) in [5, 5.41) is 0. The highest BCUT2D eigenvalue weighted by Gasteiger charge is 2.14. The first-order valence-corrected chi connectivity index (χ1v) is 5.00. The summed E-state index contributed by atoms with van der Waals surface area (Å²) >= 11 is 3.45. The summed E-state index contributed by atoms with van der Waals surface area (Å²) in [6, 6.07) is 6.13. The lowest BCUT2D eigenvalue weighted by Crippen LogP contribution is -2.13. The first kappa shape index (κ1) is 13.8. The highest BCUT2D eigenvalue weighted by atomic mass is 79.9. The van der Waals surface area contributed by atoms with Crippen LogP contribution in [-0.2, 0) is 5.41 Å². The Balaban J connectivity index is 0.00000169.